The molecule has 0 aliphatic carbocycles. The Balaban J connectivity index is 1.47. The Morgan fingerprint density at radius 2 is 2.23 bits per heavy atom. The van der Waals surface area contributed by atoms with Gasteiger partial charge in [0.1, 0.15) is 11.9 Å². The number of carbonyl (C=O) groups is 1. The van der Waals surface area contributed by atoms with Crippen molar-refractivity contribution in [2.75, 3.05) is 13.2 Å². The molecule has 3 aromatic rings. The van der Waals surface area contributed by atoms with Crippen LogP contribution in [0.3, 0.4) is 0 Å². The minimum atomic E-state index is -0.213. The molecule has 6 nitrogen and oxygen atoms in total. The van der Waals surface area contributed by atoms with Gasteiger partial charge >= 0.3 is 0 Å². The van der Waals surface area contributed by atoms with Crippen molar-refractivity contribution in [2.45, 2.75) is 25.5 Å². The summed E-state index contributed by atoms with van der Waals surface area (Å²) < 4.78 is 12.6. The van der Waals surface area contributed by atoms with Gasteiger partial charge in [0.2, 0.25) is 0 Å². The number of aromatic nitrogens is 2. The smallest absolute Gasteiger partial charge is 0.251 e. The van der Waals surface area contributed by atoms with E-state index in [4.69, 9.17) is 9.47 Å². The number of nitrogens with zero attached hydrogens (tertiary/aromatic N) is 2. The van der Waals surface area contributed by atoms with Crippen LogP contribution in [-0.4, -0.2) is 41.2 Å². The number of rotatable bonds is 4. The van der Waals surface area contributed by atoms with Gasteiger partial charge in [-0.25, -0.2) is 4.98 Å². The number of amides is 1. The molecule has 1 saturated heterocycles. The van der Waals surface area contributed by atoms with Crippen LogP contribution in [0.2, 0.25) is 0 Å². The largest absolute Gasteiger partial charge is 0.486 e. The molecule has 3 heterocycles. The number of benzene rings is 1. The number of pyridine rings is 1. The Morgan fingerprint density at radius 3 is 3.08 bits per heavy atom. The third-order valence-corrected chi connectivity index (χ3v) is 5.17. The van der Waals surface area contributed by atoms with E-state index in [2.05, 4.69) is 15.3 Å². The van der Waals surface area contributed by atoms with Crippen LogP contribution in [0, 0.1) is 6.92 Å². The number of fused-ring (bicyclic) bond motifs is 1. The monoisotopic (exact) mass is 369 g/mol. The predicted octanol–water partition coefficient (Wildman–Crippen LogP) is 2.97. The summed E-state index contributed by atoms with van der Waals surface area (Å²) in [6, 6.07) is 9.12. The van der Waals surface area contributed by atoms with Gasteiger partial charge in [0, 0.05) is 17.7 Å². The van der Waals surface area contributed by atoms with Crippen molar-refractivity contribution in [2.24, 2.45) is 0 Å². The van der Waals surface area contributed by atoms with E-state index in [1.54, 1.807) is 17.8 Å². The summed E-state index contributed by atoms with van der Waals surface area (Å²) in [6.07, 6.45) is 2.28. The summed E-state index contributed by atoms with van der Waals surface area (Å²) in [5, 5.41) is 3.05. The number of thiazole rings is 1. The SMILES string of the molecule is Cc1ccc(O[C@H]2CCOC[C@H]2NC(=O)c2ccc3ncsc3c2)cn1. The van der Waals surface area contributed by atoms with E-state index < -0.39 is 0 Å². The van der Waals surface area contributed by atoms with Crippen LogP contribution in [-0.2, 0) is 4.74 Å². The minimum absolute atomic E-state index is 0.133. The van der Waals surface area contributed by atoms with Crippen molar-refractivity contribution in [3.63, 3.8) is 0 Å². The zero-order chi connectivity index (χ0) is 17.9. The van der Waals surface area contributed by atoms with Gasteiger partial charge in [0.05, 0.1) is 41.2 Å². The van der Waals surface area contributed by atoms with Gasteiger partial charge in [0.25, 0.3) is 5.91 Å². The number of nitrogens with one attached hydrogen (secondary N) is 1. The topological polar surface area (TPSA) is 73.3 Å². The molecule has 0 bridgehead atoms. The molecule has 26 heavy (non-hydrogen) atoms. The highest BCUT2D eigenvalue weighted by Gasteiger charge is 2.29. The van der Waals surface area contributed by atoms with E-state index in [9.17, 15) is 4.79 Å². The van der Waals surface area contributed by atoms with Crippen molar-refractivity contribution in [3.8, 4) is 5.75 Å². The molecule has 0 saturated carbocycles. The van der Waals surface area contributed by atoms with Gasteiger partial charge < -0.3 is 14.8 Å². The normalized spacial score (nSPS) is 20.0. The van der Waals surface area contributed by atoms with Gasteiger partial charge in [-0.1, -0.05) is 0 Å². The van der Waals surface area contributed by atoms with E-state index in [1.165, 1.54) is 11.3 Å². The zero-order valence-electron chi connectivity index (χ0n) is 14.3. The van der Waals surface area contributed by atoms with Crippen LogP contribution in [0.4, 0.5) is 0 Å². The third kappa shape index (κ3) is 3.68. The summed E-state index contributed by atoms with van der Waals surface area (Å²) in [7, 11) is 0. The summed E-state index contributed by atoms with van der Waals surface area (Å²) >= 11 is 1.52. The molecule has 1 amide bonds. The van der Waals surface area contributed by atoms with Crippen molar-refractivity contribution in [1.29, 1.82) is 0 Å². The van der Waals surface area contributed by atoms with Crippen molar-refractivity contribution < 1.29 is 14.3 Å². The Labute approximate surface area is 155 Å². The molecule has 1 aromatic carbocycles. The number of ether oxygens (including phenoxy) is 2. The Morgan fingerprint density at radius 1 is 1.31 bits per heavy atom. The van der Waals surface area contributed by atoms with Gasteiger partial charge in [-0.15, -0.1) is 11.3 Å². The van der Waals surface area contributed by atoms with E-state index in [-0.39, 0.29) is 18.1 Å². The van der Waals surface area contributed by atoms with E-state index in [0.717, 1.165) is 15.9 Å². The first-order valence-electron chi connectivity index (χ1n) is 8.50. The lowest BCUT2D eigenvalue weighted by atomic mass is 10.1. The van der Waals surface area contributed by atoms with E-state index in [0.29, 0.717) is 30.9 Å². The molecular formula is C19H19N3O3S. The summed E-state index contributed by atoms with van der Waals surface area (Å²) in [4.78, 5) is 21.2. The quantitative estimate of drug-likeness (QED) is 0.765. The predicted molar refractivity (Wildman–Crippen MR) is 99.7 cm³/mol. The van der Waals surface area contributed by atoms with Crippen LogP contribution in [0.1, 0.15) is 22.5 Å². The van der Waals surface area contributed by atoms with Gasteiger partial charge in [0.15, 0.2) is 0 Å². The van der Waals surface area contributed by atoms with Gasteiger partial charge in [-0.05, 0) is 37.3 Å². The van der Waals surface area contributed by atoms with Crippen molar-refractivity contribution >= 4 is 27.5 Å². The summed E-state index contributed by atoms with van der Waals surface area (Å²) in [5.41, 5.74) is 4.23. The molecule has 7 heteroatoms. The molecular weight excluding hydrogens is 350 g/mol. The molecule has 4 rings (SSSR count). The molecule has 0 radical (unpaired) electrons. The molecule has 1 aliphatic heterocycles. The number of hydrogen-bond acceptors (Lipinski definition) is 6. The third-order valence-electron chi connectivity index (χ3n) is 4.37. The van der Waals surface area contributed by atoms with Gasteiger partial charge in [-0.3, -0.25) is 9.78 Å². The molecule has 0 unspecified atom stereocenters. The number of aryl methyl sites for hydroxylation is 1. The maximum absolute atomic E-state index is 12.7. The maximum Gasteiger partial charge on any atom is 0.251 e. The van der Waals surface area contributed by atoms with Crippen molar-refractivity contribution in [1.82, 2.24) is 15.3 Å². The van der Waals surface area contributed by atoms with Crippen LogP contribution in [0.25, 0.3) is 10.2 Å². The summed E-state index contributed by atoms with van der Waals surface area (Å²) in [6.45, 7) is 2.98. The maximum atomic E-state index is 12.7. The molecule has 2 atom stereocenters. The standard InChI is InChI=1S/C19H19N3O3S/c1-12-2-4-14(9-20-12)25-17-6-7-24-10-16(17)22-19(23)13-3-5-15-18(8-13)26-11-21-15/h2-5,8-9,11,16-17H,6-7,10H2,1H3,(H,22,23)/t16-,17+/m1/s1. The van der Waals surface area contributed by atoms with Crippen LogP contribution in [0.5, 0.6) is 5.75 Å². The van der Waals surface area contributed by atoms with Crippen LogP contribution < -0.4 is 10.1 Å². The van der Waals surface area contributed by atoms with Gasteiger partial charge in [-0.2, -0.15) is 0 Å². The number of hydrogen-bond donors (Lipinski definition) is 1. The van der Waals surface area contributed by atoms with Crippen LogP contribution >= 0.6 is 11.3 Å². The first-order chi connectivity index (χ1) is 12.7. The Hall–Kier alpha value is -2.51. The average Bonchev–Trinajstić information content (AvgIpc) is 3.13. The minimum Gasteiger partial charge on any atom is -0.486 e. The first kappa shape index (κ1) is 16.9. The molecule has 1 N–H and O–H groups in total. The highest BCUT2D eigenvalue weighted by atomic mass is 32.1. The highest BCUT2D eigenvalue weighted by molar-refractivity contribution is 7.16. The first-order valence-corrected chi connectivity index (χ1v) is 9.38. The average molecular weight is 369 g/mol. The molecule has 1 aliphatic rings. The second-order valence-corrected chi connectivity index (χ2v) is 7.16. The molecule has 134 valence electrons. The lowest BCUT2D eigenvalue weighted by Gasteiger charge is -2.32. The Bertz CT molecular complexity index is 910. The highest BCUT2D eigenvalue weighted by Crippen LogP contribution is 2.21. The lowest BCUT2D eigenvalue weighted by Crippen LogP contribution is -2.51. The zero-order valence-corrected chi connectivity index (χ0v) is 15.2. The Kier molecular flexibility index (Phi) is 4.81. The molecule has 2 aromatic heterocycles. The second-order valence-electron chi connectivity index (χ2n) is 6.27. The summed E-state index contributed by atoms with van der Waals surface area (Å²) in [5.74, 6) is 0.569. The fourth-order valence-electron chi connectivity index (χ4n) is 2.94. The number of carbonyl (C=O) groups excluding carboxylic acids is 1. The fourth-order valence-corrected chi connectivity index (χ4v) is 3.66. The van der Waals surface area contributed by atoms with Crippen molar-refractivity contribution in [3.05, 3.63) is 53.3 Å². The second kappa shape index (κ2) is 7.39. The lowest BCUT2D eigenvalue weighted by molar-refractivity contribution is -0.00301. The van der Waals surface area contributed by atoms with E-state index >= 15 is 0 Å². The van der Waals surface area contributed by atoms with Crippen LogP contribution in [0.15, 0.2) is 42.0 Å². The molecule has 1 fully saturated rings. The fraction of sp³-hybridized carbons (Fsp3) is 0.316. The molecule has 0 spiro atoms. The van der Waals surface area contributed by atoms with E-state index in [1.807, 2.05) is 31.2 Å².